The Hall–Kier alpha value is -1.60. The van der Waals surface area contributed by atoms with Crippen LogP contribution in [0.2, 0.25) is 0 Å². The summed E-state index contributed by atoms with van der Waals surface area (Å²) in [5.41, 5.74) is 17.1. The van der Waals surface area contributed by atoms with Crippen LogP contribution >= 0.6 is 0 Å². The molecule has 1 rings (SSSR count). The van der Waals surface area contributed by atoms with Gasteiger partial charge in [-0.3, -0.25) is 0 Å². The summed E-state index contributed by atoms with van der Waals surface area (Å²) in [6, 6.07) is -0.934. The molecule has 0 aromatic rings. The number of hydrogen-bond donors (Lipinski definition) is 4. The Kier molecular flexibility index (Phi) is 5.97. The molecule has 7 heteroatoms. The van der Waals surface area contributed by atoms with Crippen LogP contribution in [0.15, 0.2) is 16.6 Å². The molecule has 0 amide bonds. The number of carbonyl (C=O) groups is 1. The molecule has 0 aromatic carbocycles. The van der Waals surface area contributed by atoms with Gasteiger partial charge in [-0.1, -0.05) is 13.8 Å². The van der Waals surface area contributed by atoms with E-state index in [0.29, 0.717) is 0 Å². The van der Waals surface area contributed by atoms with Crippen molar-refractivity contribution < 1.29 is 14.6 Å². The topological polar surface area (TPSA) is 137 Å². The van der Waals surface area contributed by atoms with Crippen molar-refractivity contribution in [2.75, 3.05) is 0 Å². The number of rotatable bonds is 6. The maximum atomic E-state index is 11.1. The Morgan fingerprint density at radius 1 is 1.50 bits per heavy atom. The van der Waals surface area contributed by atoms with Gasteiger partial charge in [0.1, 0.15) is 6.10 Å². The van der Waals surface area contributed by atoms with Crippen LogP contribution in [0, 0.1) is 0 Å². The van der Waals surface area contributed by atoms with Gasteiger partial charge in [-0.25, -0.2) is 9.79 Å². The molecule has 0 heterocycles. The zero-order chi connectivity index (χ0) is 15.3. The molecule has 7 nitrogen and oxygen atoms in total. The summed E-state index contributed by atoms with van der Waals surface area (Å²) in [6.07, 6.45) is 2.95. The van der Waals surface area contributed by atoms with E-state index in [2.05, 4.69) is 4.99 Å². The number of aliphatic imine (C=N–C) groups is 1. The average molecular weight is 284 g/mol. The third-order valence-electron chi connectivity index (χ3n) is 3.43. The Labute approximate surface area is 118 Å². The standard InChI is InChI=1S/C13H24N4O3/c1-3-8(4-2)20-10-6-7(12(18)19)5-9(14)11(10)17-13(15)16/h6,8-11H,3-5,14H2,1-2H3,(H,18,19)(H4,15,16,17)/t9-,10+,11+/m0/s1. The molecule has 20 heavy (non-hydrogen) atoms. The van der Waals surface area contributed by atoms with Crippen molar-refractivity contribution in [3.05, 3.63) is 11.6 Å². The summed E-state index contributed by atoms with van der Waals surface area (Å²) >= 11 is 0. The zero-order valence-electron chi connectivity index (χ0n) is 12.0. The number of carboxylic acid groups (broad SMARTS) is 1. The minimum absolute atomic E-state index is 0.0216. The second-order valence-electron chi connectivity index (χ2n) is 4.95. The van der Waals surface area contributed by atoms with Crippen LogP contribution in [0.1, 0.15) is 33.1 Å². The molecular weight excluding hydrogens is 260 g/mol. The van der Waals surface area contributed by atoms with E-state index in [1.54, 1.807) is 6.08 Å². The minimum atomic E-state index is -0.984. The van der Waals surface area contributed by atoms with Crippen LogP contribution in [0.5, 0.6) is 0 Å². The molecule has 0 saturated heterocycles. The zero-order valence-corrected chi connectivity index (χ0v) is 12.0. The largest absolute Gasteiger partial charge is 0.478 e. The summed E-state index contributed by atoms with van der Waals surface area (Å²) in [4.78, 5) is 15.2. The predicted molar refractivity (Wildman–Crippen MR) is 77.2 cm³/mol. The van der Waals surface area contributed by atoms with Crippen LogP contribution in [0.3, 0.4) is 0 Å². The summed E-state index contributed by atoms with van der Waals surface area (Å²) in [7, 11) is 0. The fourth-order valence-corrected chi connectivity index (χ4v) is 2.31. The van der Waals surface area contributed by atoms with Crippen molar-refractivity contribution in [3.8, 4) is 0 Å². The van der Waals surface area contributed by atoms with Gasteiger partial charge in [-0.05, 0) is 25.3 Å². The average Bonchev–Trinajstić information content (AvgIpc) is 2.38. The fourth-order valence-electron chi connectivity index (χ4n) is 2.31. The van der Waals surface area contributed by atoms with Crippen molar-refractivity contribution in [2.24, 2.45) is 22.2 Å². The first-order chi connectivity index (χ1) is 9.38. The molecule has 0 aliphatic heterocycles. The molecule has 0 fully saturated rings. The van der Waals surface area contributed by atoms with Crippen molar-refractivity contribution in [3.63, 3.8) is 0 Å². The van der Waals surface area contributed by atoms with E-state index in [9.17, 15) is 4.79 Å². The maximum Gasteiger partial charge on any atom is 0.331 e. The number of aliphatic carboxylic acids is 1. The lowest BCUT2D eigenvalue weighted by Crippen LogP contribution is -2.48. The Balaban J connectivity index is 3.02. The lowest BCUT2D eigenvalue weighted by atomic mass is 9.88. The van der Waals surface area contributed by atoms with E-state index < -0.39 is 24.2 Å². The first-order valence-electron chi connectivity index (χ1n) is 6.82. The highest BCUT2D eigenvalue weighted by Gasteiger charge is 2.34. The maximum absolute atomic E-state index is 11.1. The normalized spacial score (nSPS) is 26.2. The van der Waals surface area contributed by atoms with E-state index in [1.165, 1.54) is 0 Å². The van der Waals surface area contributed by atoms with Crippen LogP contribution in [-0.4, -0.2) is 41.3 Å². The van der Waals surface area contributed by atoms with Gasteiger partial charge in [0.15, 0.2) is 5.96 Å². The third-order valence-corrected chi connectivity index (χ3v) is 3.43. The first kappa shape index (κ1) is 16.5. The molecule has 7 N–H and O–H groups in total. The van der Waals surface area contributed by atoms with Gasteiger partial charge in [0.2, 0.25) is 0 Å². The first-order valence-corrected chi connectivity index (χ1v) is 6.82. The van der Waals surface area contributed by atoms with Crippen molar-refractivity contribution >= 4 is 11.9 Å². The van der Waals surface area contributed by atoms with E-state index in [4.69, 9.17) is 27.0 Å². The molecule has 0 radical (unpaired) electrons. The van der Waals surface area contributed by atoms with Crippen LogP contribution < -0.4 is 17.2 Å². The van der Waals surface area contributed by atoms with Crippen molar-refractivity contribution in [1.82, 2.24) is 0 Å². The molecule has 0 saturated carbocycles. The second kappa shape index (κ2) is 7.25. The number of guanidine groups is 1. The van der Waals surface area contributed by atoms with Gasteiger partial charge in [0, 0.05) is 11.6 Å². The molecular formula is C13H24N4O3. The SMILES string of the molecule is CCC(CC)O[C@@H]1C=C(C(=O)O)C[C@H](N)[C@H]1N=C(N)N. The van der Waals surface area contributed by atoms with Gasteiger partial charge in [-0.2, -0.15) is 0 Å². The smallest absolute Gasteiger partial charge is 0.331 e. The predicted octanol–water partition coefficient (Wildman–Crippen LogP) is -0.0558. The highest BCUT2D eigenvalue weighted by atomic mass is 16.5. The molecule has 0 spiro atoms. The summed E-state index contributed by atoms with van der Waals surface area (Å²) < 4.78 is 5.92. The molecule has 1 aliphatic rings. The molecule has 0 unspecified atom stereocenters. The monoisotopic (exact) mass is 284 g/mol. The van der Waals surface area contributed by atoms with Crippen LogP contribution in [0.25, 0.3) is 0 Å². The Morgan fingerprint density at radius 3 is 2.55 bits per heavy atom. The lowest BCUT2D eigenvalue weighted by molar-refractivity contribution is -0.133. The molecule has 0 aromatic heterocycles. The van der Waals surface area contributed by atoms with E-state index in [1.807, 2.05) is 13.8 Å². The van der Waals surface area contributed by atoms with Crippen molar-refractivity contribution in [2.45, 2.75) is 57.4 Å². The number of carboxylic acids is 1. The van der Waals surface area contributed by atoms with Gasteiger partial charge < -0.3 is 27.0 Å². The molecule has 3 atom stereocenters. The van der Waals surface area contributed by atoms with Crippen LogP contribution in [-0.2, 0) is 9.53 Å². The van der Waals surface area contributed by atoms with Crippen LogP contribution in [0.4, 0.5) is 0 Å². The molecule has 0 bridgehead atoms. The second-order valence-corrected chi connectivity index (χ2v) is 4.95. The number of nitrogens with zero attached hydrogens (tertiary/aromatic N) is 1. The van der Waals surface area contributed by atoms with Gasteiger partial charge in [-0.15, -0.1) is 0 Å². The fraction of sp³-hybridized carbons (Fsp3) is 0.692. The summed E-state index contributed by atoms with van der Waals surface area (Å²) in [5.74, 6) is -1.06. The number of nitrogens with two attached hydrogens (primary N) is 3. The lowest BCUT2D eigenvalue weighted by Gasteiger charge is -2.33. The van der Waals surface area contributed by atoms with E-state index in [-0.39, 0.29) is 24.1 Å². The van der Waals surface area contributed by atoms with Crippen molar-refractivity contribution in [1.29, 1.82) is 0 Å². The molecule has 114 valence electrons. The highest BCUT2D eigenvalue weighted by molar-refractivity contribution is 5.87. The Morgan fingerprint density at radius 2 is 2.10 bits per heavy atom. The quantitative estimate of drug-likeness (QED) is 0.398. The van der Waals surface area contributed by atoms with Gasteiger partial charge in [0.05, 0.1) is 12.1 Å². The van der Waals surface area contributed by atoms with E-state index in [0.717, 1.165) is 12.8 Å². The van der Waals surface area contributed by atoms with E-state index >= 15 is 0 Å². The minimum Gasteiger partial charge on any atom is -0.478 e. The highest BCUT2D eigenvalue weighted by Crippen LogP contribution is 2.25. The van der Waals surface area contributed by atoms with Gasteiger partial charge in [0.25, 0.3) is 0 Å². The third kappa shape index (κ3) is 4.21. The summed E-state index contributed by atoms with van der Waals surface area (Å²) in [6.45, 7) is 4.02. The number of ether oxygens (including phenoxy) is 1. The summed E-state index contributed by atoms with van der Waals surface area (Å²) in [5, 5.41) is 9.13. The number of hydrogen-bond acceptors (Lipinski definition) is 4. The van der Waals surface area contributed by atoms with Gasteiger partial charge >= 0.3 is 5.97 Å². The Bertz CT molecular complexity index is 400. The molecule has 1 aliphatic carbocycles.